The summed E-state index contributed by atoms with van der Waals surface area (Å²) in [5.74, 6) is 1.90. The molecule has 1 atom stereocenters. The maximum Gasteiger partial charge on any atom is 0.319 e. The summed E-state index contributed by atoms with van der Waals surface area (Å²) >= 11 is 0. The first kappa shape index (κ1) is 32.4. The van der Waals surface area contributed by atoms with E-state index in [-0.39, 0.29) is 40.6 Å². The summed E-state index contributed by atoms with van der Waals surface area (Å²) in [7, 11) is 1.49. The van der Waals surface area contributed by atoms with Crippen LogP contribution < -0.4 is 19.7 Å². The zero-order valence-electron chi connectivity index (χ0n) is 27.3. The molecule has 0 amide bonds. The van der Waals surface area contributed by atoms with Crippen LogP contribution in [-0.4, -0.2) is 96.9 Å². The van der Waals surface area contributed by atoms with Crippen LogP contribution in [0.25, 0.3) is 32.9 Å². The maximum atomic E-state index is 17.0. The number of anilines is 1. The normalized spacial score (nSPS) is 21.0. The topological polar surface area (TPSA) is 105 Å². The number of piperazine rings is 1. The molecule has 0 radical (unpaired) electrons. The number of aromatic nitrogens is 3. The van der Waals surface area contributed by atoms with Crippen molar-refractivity contribution in [3.05, 3.63) is 47.7 Å². The van der Waals surface area contributed by atoms with Gasteiger partial charge in [0.2, 0.25) is 0 Å². The number of nitrogens with one attached hydrogen (secondary N) is 1. The molecular formula is C36H40F2N6O4. The van der Waals surface area contributed by atoms with Gasteiger partial charge in [-0.1, -0.05) is 12.0 Å². The summed E-state index contributed by atoms with van der Waals surface area (Å²) in [4.78, 5) is 18.4. The van der Waals surface area contributed by atoms with Gasteiger partial charge in [-0.05, 0) is 56.2 Å². The minimum atomic E-state index is -0.943. The first-order valence-electron chi connectivity index (χ1n) is 16.4. The highest BCUT2D eigenvalue weighted by Gasteiger charge is 2.45. The number of piperidine rings is 1. The van der Waals surface area contributed by atoms with Gasteiger partial charge in [0.15, 0.2) is 12.6 Å². The van der Waals surface area contributed by atoms with Crippen molar-refractivity contribution in [2.75, 3.05) is 71.2 Å². The number of aliphatic hydroxyl groups is 1. The van der Waals surface area contributed by atoms with Crippen molar-refractivity contribution in [2.45, 2.75) is 38.2 Å². The van der Waals surface area contributed by atoms with E-state index in [0.29, 0.717) is 53.8 Å². The lowest BCUT2D eigenvalue weighted by Crippen LogP contribution is -2.46. The van der Waals surface area contributed by atoms with Gasteiger partial charge in [-0.3, -0.25) is 4.98 Å². The number of pyridine rings is 1. The minimum Gasteiger partial charge on any atom is -0.468 e. The van der Waals surface area contributed by atoms with Crippen molar-refractivity contribution in [1.82, 2.24) is 25.2 Å². The number of β-amino-alcohol motifs (C(OH)–C–C–N with tert-alkyl or cyclic N) is 1. The molecule has 0 bridgehead atoms. The highest BCUT2D eigenvalue weighted by Crippen LogP contribution is 2.47. The molecule has 4 aromatic rings. The second-order valence-corrected chi connectivity index (χ2v) is 13.5. The molecule has 2 aromatic heterocycles. The molecule has 0 spiro atoms. The van der Waals surface area contributed by atoms with Crippen LogP contribution in [0, 0.1) is 29.4 Å². The van der Waals surface area contributed by atoms with Gasteiger partial charge in [0.25, 0.3) is 0 Å². The van der Waals surface area contributed by atoms with Crippen LogP contribution in [0.1, 0.15) is 38.2 Å². The Labute approximate surface area is 278 Å². The Morgan fingerprint density at radius 1 is 1.08 bits per heavy atom. The van der Waals surface area contributed by atoms with E-state index >= 15 is 8.78 Å². The molecule has 3 fully saturated rings. The number of hydrogen-bond acceptors (Lipinski definition) is 10. The quantitative estimate of drug-likeness (QED) is 0.187. The smallest absolute Gasteiger partial charge is 0.319 e. The van der Waals surface area contributed by atoms with Crippen LogP contribution in [0.3, 0.4) is 0 Å². The van der Waals surface area contributed by atoms with E-state index in [1.165, 1.54) is 19.4 Å². The molecule has 2 saturated heterocycles. The maximum absolute atomic E-state index is 17.0. The second-order valence-electron chi connectivity index (χ2n) is 13.5. The summed E-state index contributed by atoms with van der Waals surface area (Å²) in [5, 5.41) is 15.6. The number of hydrogen-bond donors (Lipinski definition) is 2. The lowest BCUT2D eigenvalue weighted by Gasteiger charge is -2.38. The van der Waals surface area contributed by atoms with Gasteiger partial charge in [0.05, 0.1) is 23.2 Å². The number of rotatable bonds is 10. The Kier molecular flexibility index (Phi) is 8.81. The van der Waals surface area contributed by atoms with E-state index in [1.54, 1.807) is 25.1 Å². The summed E-state index contributed by atoms with van der Waals surface area (Å²) in [6.45, 7) is 7.92. The zero-order chi connectivity index (χ0) is 33.5. The van der Waals surface area contributed by atoms with Crippen LogP contribution >= 0.6 is 0 Å². The monoisotopic (exact) mass is 658 g/mol. The van der Waals surface area contributed by atoms with Crippen molar-refractivity contribution in [1.29, 1.82) is 0 Å². The molecule has 2 aromatic carbocycles. The number of ether oxygens (including phenoxy) is 3. The first-order valence-corrected chi connectivity index (χ1v) is 16.4. The molecule has 12 heteroatoms. The number of terminal acetylenes is 1. The van der Waals surface area contributed by atoms with E-state index < -0.39 is 17.2 Å². The summed E-state index contributed by atoms with van der Waals surface area (Å²) in [6, 6.07) is 6.17. The van der Waals surface area contributed by atoms with Gasteiger partial charge in [0, 0.05) is 75.5 Å². The summed E-state index contributed by atoms with van der Waals surface area (Å²) in [5.41, 5.74) is -0.764. The van der Waals surface area contributed by atoms with Crippen LogP contribution in [0.15, 0.2) is 30.5 Å². The van der Waals surface area contributed by atoms with Crippen LogP contribution in [-0.2, 0) is 4.74 Å². The fraction of sp³-hybridized carbons (Fsp3) is 0.472. The predicted molar refractivity (Wildman–Crippen MR) is 179 cm³/mol. The molecular weight excluding hydrogens is 618 g/mol. The van der Waals surface area contributed by atoms with E-state index in [4.69, 9.17) is 25.6 Å². The average molecular weight is 659 g/mol. The van der Waals surface area contributed by atoms with Crippen molar-refractivity contribution in [2.24, 2.45) is 5.41 Å². The SMILES string of the molecule is C#Cc1c(F)ccc2cc(OCOC)cc(-c3ncc4c(N5CCC[C@@](C)(O)C5)nc(OCC5(CN6CCNCC6)CC5)nc4c3F)c12. The highest BCUT2D eigenvalue weighted by molar-refractivity contribution is 6.03. The highest BCUT2D eigenvalue weighted by atomic mass is 19.1. The van der Waals surface area contributed by atoms with E-state index in [2.05, 4.69) is 26.1 Å². The predicted octanol–water partition coefficient (Wildman–Crippen LogP) is 4.50. The Morgan fingerprint density at radius 2 is 1.90 bits per heavy atom. The first-order chi connectivity index (χ1) is 23.2. The standard InChI is InChI=1S/C36H40F2N6O4/c1-4-25-28(37)7-6-23-16-24(48-22-46-3)17-26(29(23)25)31-30(38)32-27(18-40-31)33(44-13-5-8-35(2,45)19-44)42-34(41-32)47-21-36(9-10-36)20-43-14-11-39-12-15-43/h1,6-7,16-18,39,45H,5,8-15,19-22H2,2-3H3/t35-/m1/s1. The van der Waals surface area contributed by atoms with Crippen LogP contribution in [0.2, 0.25) is 0 Å². The zero-order valence-corrected chi connectivity index (χ0v) is 27.3. The molecule has 1 aliphatic carbocycles. The molecule has 2 aliphatic heterocycles. The third kappa shape index (κ3) is 6.48. The van der Waals surface area contributed by atoms with Gasteiger partial charge in [-0.2, -0.15) is 9.97 Å². The van der Waals surface area contributed by atoms with Crippen molar-refractivity contribution in [3.63, 3.8) is 0 Å². The number of halogens is 2. The molecule has 3 aliphatic rings. The molecule has 10 nitrogen and oxygen atoms in total. The second kappa shape index (κ2) is 13.0. The molecule has 7 rings (SSSR count). The largest absolute Gasteiger partial charge is 0.468 e. The number of fused-ring (bicyclic) bond motifs is 2. The van der Waals surface area contributed by atoms with E-state index in [1.807, 2.05) is 4.90 Å². The van der Waals surface area contributed by atoms with Crippen molar-refractivity contribution >= 4 is 27.5 Å². The van der Waals surface area contributed by atoms with Gasteiger partial charge < -0.3 is 34.4 Å². The van der Waals surface area contributed by atoms with Crippen molar-refractivity contribution < 1.29 is 28.1 Å². The Morgan fingerprint density at radius 3 is 2.62 bits per heavy atom. The molecule has 0 unspecified atom stereocenters. The Bertz CT molecular complexity index is 1890. The van der Waals surface area contributed by atoms with Gasteiger partial charge in [-0.15, -0.1) is 6.42 Å². The summed E-state index contributed by atoms with van der Waals surface area (Å²) in [6.07, 6.45) is 10.7. The number of methoxy groups -OCH3 is 1. The Balaban J connectivity index is 1.34. The number of nitrogens with zero attached hydrogens (tertiary/aromatic N) is 5. The van der Waals surface area contributed by atoms with E-state index in [0.717, 1.165) is 52.0 Å². The van der Waals surface area contributed by atoms with E-state index in [9.17, 15) is 5.11 Å². The Hall–Kier alpha value is -4.15. The van der Waals surface area contributed by atoms with Crippen LogP contribution in [0.5, 0.6) is 11.8 Å². The molecule has 252 valence electrons. The fourth-order valence-corrected chi connectivity index (χ4v) is 6.95. The fourth-order valence-electron chi connectivity index (χ4n) is 6.95. The lowest BCUT2D eigenvalue weighted by molar-refractivity contribution is 0.0447. The molecule has 1 saturated carbocycles. The molecule has 4 heterocycles. The number of benzene rings is 2. The van der Waals surface area contributed by atoms with Gasteiger partial charge in [-0.25, -0.2) is 8.78 Å². The third-order valence-electron chi connectivity index (χ3n) is 9.63. The third-order valence-corrected chi connectivity index (χ3v) is 9.63. The summed E-state index contributed by atoms with van der Waals surface area (Å²) < 4.78 is 49.1. The minimum absolute atomic E-state index is 0.00379. The van der Waals surface area contributed by atoms with Crippen LogP contribution in [0.4, 0.5) is 14.6 Å². The molecule has 2 N–H and O–H groups in total. The van der Waals surface area contributed by atoms with Gasteiger partial charge in [0.1, 0.15) is 28.6 Å². The molecule has 48 heavy (non-hydrogen) atoms. The van der Waals surface area contributed by atoms with Gasteiger partial charge >= 0.3 is 6.01 Å². The average Bonchev–Trinajstić information content (AvgIpc) is 3.85. The van der Waals surface area contributed by atoms with Crippen molar-refractivity contribution in [3.8, 4) is 35.4 Å². The lowest BCUT2D eigenvalue weighted by atomic mass is 9.94.